The van der Waals surface area contributed by atoms with Crippen molar-refractivity contribution in [2.24, 2.45) is 0 Å². The molecule has 8 nitrogen and oxygen atoms in total. The summed E-state index contributed by atoms with van der Waals surface area (Å²) in [5, 5.41) is 12.0. The molecule has 0 bridgehead atoms. The molecule has 1 aromatic rings. The van der Waals surface area contributed by atoms with E-state index in [1.807, 2.05) is 5.32 Å². The predicted octanol–water partition coefficient (Wildman–Crippen LogP) is 2.08. The molecule has 1 heterocycles. The van der Waals surface area contributed by atoms with E-state index in [1.54, 1.807) is 0 Å². The van der Waals surface area contributed by atoms with Crippen LogP contribution in [0.1, 0.15) is 35.2 Å². The lowest BCUT2D eigenvalue weighted by atomic mass is 9.72. The van der Waals surface area contributed by atoms with Gasteiger partial charge in [0.1, 0.15) is 17.7 Å². The standard InChI is InChI=1S/C17H16BF6NO7/c19-16(20,21)5-4-13(27)30-8-31-15(28)10-3-1-2-9-6-11(18(29)32-14(9)10)25-12(26)7-17(22,23)24/h1-3,11,29H,4-8H2,(H,25,26)/t11-/m0/s1. The van der Waals surface area contributed by atoms with E-state index in [0.29, 0.717) is 0 Å². The number of fused-ring (bicyclic) bond motifs is 1. The van der Waals surface area contributed by atoms with Gasteiger partial charge in [-0.1, -0.05) is 12.1 Å². The number of carbonyl (C=O) groups excluding carboxylic acids is 3. The second-order valence-electron chi connectivity index (χ2n) is 6.65. The Hall–Kier alpha value is -2.97. The molecule has 1 amide bonds. The van der Waals surface area contributed by atoms with Gasteiger partial charge in [0.05, 0.1) is 18.8 Å². The molecular weight excluding hydrogens is 455 g/mol. The van der Waals surface area contributed by atoms with Gasteiger partial charge in [0.25, 0.3) is 0 Å². The number of para-hydroxylation sites is 1. The van der Waals surface area contributed by atoms with Crippen molar-refractivity contribution in [1.82, 2.24) is 5.32 Å². The van der Waals surface area contributed by atoms with Crippen LogP contribution in [0.15, 0.2) is 18.2 Å². The normalized spacial score (nSPS) is 16.0. The molecule has 1 aliphatic rings. The van der Waals surface area contributed by atoms with E-state index in [2.05, 4.69) is 9.47 Å². The van der Waals surface area contributed by atoms with E-state index in [9.17, 15) is 45.8 Å². The topological polar surface area (TPSA) is 111 Å². The molecule has 0 radical (unpaired) electrons. The van der Waals surface area contributed by atoms with Crippen LogP contribution in [0.5, 0.6) is 5.75 Å². The lowest BCUT2D eigenvalue weighted by Gasteiger charge is -2.29. The molecule has 1 aromatic carbocycles. The van der Waals surface area contributed by atoms with Crippen LogP contribution in [0.3, 0.4) is 0 Å². The van der Waals surface area contributed by atoms with Crippen molar-refractivity contribution in [2.75, 3.05) is 6.79 Å². The first kappa shape index (κ1) is 25.3. The van der Waals surface area contributed by atoms with Gasteiger partial charge in [0, 0.05) is 0 Å². The molecule has 32 heavy (non-hydrogen) atoms. The fourth-order valence-corrected chi connectivity index (χ4v) is 2.69. The number of rotatable bonds is 7. The summed E-state index contributed by atoms with van der Waals surface area (Å²) in [6, 6.07) is 4.00. The Kier molecular flexibility index (Phi) is 7.99. The minimum Gasteiger partial charge on any atom is -0.534 e. The van der Waals surface area contributed by atoms with Crippen molar-refractivity contribution in [2.45, 2.75) is 44.0 Å². The molecule has 0 saturated carbocycles. The van der Waals surface area contributed by atoms with E-state index in [-0.39, 0.29) is 23.3 Å². The number of hydrogen-bond acceptors (Lipinski definition) is 7. The third-order valence-electron chi connectivity index (χ3n) is 4.07. The smallest absolute Gasteiger partial charge is 0.534 e. The summed E-state index contributed by atoms with van der Waals surface area (Å²) in [6.45, 7) is -0.974. The number of halogens is 6. The molecule has 176 valence electrons. The first-order chi connectivity index (χ1) is 14.7. The zero-order valence-electron chi connectivity index (χ0n) is 16.1. The van der Waals surface area contributed by atoms with Crippen LogP contribution in [-0.2, 0) is 25.5 Å². The second-order valence-corrected chi connectivity index (χ2v) is 6.65. The number of ether oxygens (including phenoxy) is 2. The molecule has 0 spiro atoms. The van der Waals surface area contributed by atoms with Crippen molar-refractivity contribution in [3.8, 4) is 5.75 Å². The van der Waals surface area contributed by atoms with Crippen LogP contribution in [0.2, 0.25) is 0 Å². The molecule has 15 heteroatoms. The minimum atomic E-state index is -4.74. The summed E-state index contributed by atoms with van der Waals surface area (Å²) in [6.07, 6.45) is -13.6. The molecule has 0 aromatic heterocycles. The van der Waals surface area contributed by atoms with E-state index in [1.165, 1.54) is 18.2 Å². The number of hydrogen-bond donors (Lipinski definition) is 2. The van der Waals surface area contributed by atoms with Gasteiger partial charge in [-0.3, -0.25) is 9.59 Å². The van der Waals surface area contributed by atoms with E-state index in [4.69, 9.17) is 4.65 Å². The molecule has 0 saturated heterocycles. The Morgan fingerprint density at radius 1 is 1.12 bits per heavy atom. The molecule has 1 aliphatic heterocycles. The summed E-state index contributed by atoms with van der Waals surface area (Å²) >= 11 is 0. The predicted molar refractivity (Wildman–Crippen MR) is 93.0 cm³/mol. The van der Waals surface area contributed by atoms with Gasteiger partial charge in [0.15, 0.2) is 0 Å². The van der Waals surface area contributed by atoms with Gasteiger partial charge < -0.3 is 24.5 Å². The average molecular weight is 471 g/mol. The van der Waals surface area contributed by atoms with E-state index in [0.717, 1.165) is 0 Å². The van der Waals surface area contributed by atoms with Gasteiger partial charge in [-0.15, -0.1) is 0 Å². The summed E-state index contributed by atoms with van der Waals surface area (Å²) in [7, 11) is -1.78. The number of carbonyl (C=O) groups is 3. The maximum absolute atomic E-state index is 12.3. The number of nitrogens with one attached hydrogen (secondary N) is 1. The molecule has 0 fully saturated rings. The monoisotopic (exact) mass is 471 g/mol. The number of esters is 2. The highest BCUT2D eigenvalue weighted by Gasteiger charge is 2.40. The lowest BCUT2D eigenvalue weighted by Crippen LogP contribution is -2.53. The zero-order valence-corrected chi connectivity index (χ0v) is 16.1. The maximum Gasteiger partial charge on any atom is 0.547 e. The van der Waals surface area contributed by atoms with Gasteiger partial charge in [0.2, 0.25) is 12.7 Å². The largest absolute Gasteiger partial charge is 0.547 e. The number of amides is 1. The zero-order chi connectivity index (χ0) is 24.1. The van der Waals surface area contributed by atoms with Crippen LogP contribution in [-0.4, -0.2) is 55.1 Å². The Morgan fingerprint density at radius 2 is 1.81 bits per heavy atom. The molecule has 0 aliphatic carbocycles. The second kappa shape index (κ2) is 10.1. The van der Waals surface area contributed by atoms with Crippen molar-refractivity contribution in [3.63, 3.8) is 0 Å². The highest BCUT2D eigenvalue weighted by molar-refractivity contribution is 6.47. The van der Waals surface area contributed by atoms with Crippen molar-refractivity contribution < 1.29 is 59.9 Å². The average Bonchev–Trinajstić information content (AvgIpc) is 2.64. The van der Waals surface area contributed by atoms with Gasteiger partial charge in [-0.05, 0) is 18.1 Å². The van der Waals surface area contributed by atoms with Gasteiger partial charge in [-0.2, -0.15) is 26.3 Å². The van der Waals surface area contributed by atoms with E-state index >= 15 is 0 Å². The summed E-state index contributed by atoms with van der Waals surface area (Å²) < 4.78 is 87.2. The number of alkyl halides is 6. The summed E-state index contributed by atoms with van der Waals surface area (Å²) in [4.78, 5) is 34.9. The molecular formula is C17H16BF6NO7. The highest BCUT2D eigenvalue weighted by atomic mass is 19.4. The molecule has 1 atom stereocenters. The van der Waals surface area contributed by atoms with Crippen LogP contribution < -0.4 is 9.97 Å². The SMILES string of the molecule is O=C(CC(F)(F)F)N[C@H]1Cc2cccc(C(=O)OCOC(=O)CCC(F)(F)F)c2OB1O. The Balaban J connectivity index is 1.96. The minimum absolute atomic E-state index is 0.172. The number of benzene rings is 1. The maximum atomic E-state index is 12.3. The fourth-order valence-electron chi connectivity index (χ4n) is 2.69. The Labute approximate surface area is 176 Å². The highest BCUT2D eigenvalue weighted by Crippen LogP contribution is 2.31. The lowest BCUT2D eigenvalue weighted by molar-refractivity contribution is -0.163. The van der Waals surface area contributed by atoms with Crippen LogP contribution in [0.25, 0.3) is 0 Å². The molecule has 2 N–H and O–H groups in total. The Morgan fingerprint density at radius 3 is 2.44 bits per heavy atom. The third kappa shape index (κ3) is 7.94. The van der Waals surface area contributed by atoms with Gasteiger partial charge >= 0.3 is 31.4 Å². The molecule has 2 rings (SSSR count). The first-order valence-corrected chi connectivity index (χ1v) is 8.97. The first-order valence-electron chi connectivity index (χ1n) is 8.97. The van der Waals surface area contributed by atoms with Crippen molar-refractivity contribution in [3.05, 3.63) is 29.3 Å². The van der Waals surface area contributed by atoms with Crippen LogP contribution in [0, 0.1) is 0 Å². The van der Waals surface area contributed by atoms with Gasteiger partial charge in [-0.25, -0.2) is 4.79 Å². The van der Waals surface area contributed by atoms with Crippen molar-refractivity contribution >= 4 is 25.0 Å². The summed E-state index contributed by atoms with van der Waals surface area (Å²) in [5.74, 6) is -5.11. The van der Waals surface area contributed by atoms with Crippen LogP contribution >= 0.6 is 0 Å². The van der Waals surface area contributed by atoms with Crippen molar-refractivity contribution in [1.29, 1.82) is 0 Å². The molecule has 0 unspecified atom stereocenters. The summed E-state index contributed by atoms with van der Waals surface area (Å²) in [5.41, 5.74) is 0.0113. The fraction of sp³-hybridized carbons (Fsp3) is 0.471. The quantitative estimate of drug-likeness (QED) is 0.271. The van der Waals surface area contributed by atoms with Crippen LogP contribution in [0.4, 0.5) is 26.3 Å². The van der Waals surface area contributed by atoms with E-state index < -0.39 is 69.3 Å². The Bertz CT molecular complexity index is 861. The third-order valence-corrected chi connectivity index (χ3v) is 4.07.